The molecule has 0 aromatic heterocycles. The van der Waals surface area contributed by atoms with Crippen molar-refractivity contribution in [3.8, 4) is 0 Å². The summed E-state index contributed by atoms with van der Waals surface area (Å²) >= 11 is 0. The Balaban J connectivity index is 1.77. The second-order valence-electron chi connectivity index (χ2n) is 6.32. The van der Waals surface area contributed by atoms with Gasteiger partial charge in [0, 0.05) is 24.6 Å². The molecule has 2 rings (SSSR count). The molecule has 0 saturated heterocycles. The molecule has 23 heavy (non-hydrogen) atoms. The topological polar surface area (TPSA) is 50.4 Å². The Morgan fingerprint density at radius 1 is 1.22 bits per heavy atom. The maximum Gasteiger partial charge on any atom is 0.234 e. The lowest BCUT2D eigenvalue weighted by atomic mass is 9.58. The van der Waals surface area contributed by atoms with Gasteiger partial charge in [0.1, 0.15) is 0 Å². The molecule has 1 aliphatic carbocycles. The molecule has 1 saturated carbocycles. The lowest BCUT2D eigenvalue weighted by Crippen LogP contribution is -2.64. The fourth-order valence-corrected chi connectivity index (χ4v) is 3.74. The summed E-state index contributed by atoms with van der Waals surface area (Å²) < 4.78 is 5.88. The third-order valence-electron chi connectivity index (χ3n) is 5.31. The quantitative estimate of drug-likeness (QED) is 0.736. The molecule has 4 heteroatoms. The van der Waals surface area contributed by atoms with E-state index in [4.69, 9.17) is 4.74 Å². The molecule has 1 aromatic rings. The van der Waals surface area contributed by atoms with Crippen LogP contribution in [0.25, 0.3) is 0 Å². The van der Waals surface area contributed by atoms with E-state index in [2.05, 4.69) is 24.5 Å². The number of hydrogen-bond acceptors (Lipinski definition) is 3. The van der Waals surface area contributed by atoms with Crippen LogP contribution in [0.3, 0.4) is 0 Å². The van der Waals surface area contributed by atoms with Crippen LogP contribution < -0.4 is 10.6 Å². The molecule has 0 aliphatic heterocycles. The van der Waals surface area contributed by atoms with Crippen molar-refractivity contribution in [2.75, 3.05) is 13.2 Å². The Kier molecular flexibility index (Phi) is 6.60. The molecule has 1 aliphatic rings. The highest BCUT2D eigenvalue weighted by atomic mass is 16.5. The van der Waals surface area contributed by atoms with Crippen molar-refractivity contribution in [3.05, 3.63) is 35.9 Å². The average molecular weight is 318 g/mol. The van der Waals surface area contributed by atoms with E-state index in [-0.39, 0.29) is 11.3 Å². The number of ether oxygens (including phenoxy) is 1. The van der Waals surface area contributed by atoms with Gasteiger partial charge in [0.05, 0.1) is 12.6 Å². The first-order valence-electron chi connectivity index (χ1n) is 8.81. The van der Waals surface area contributed by atoms with E-state index in [1.807, 2.05) is 37.3 Å². The molecule has 0 radical (unpaired) electrons. The van der Waals surface area contributed by atoms with Gasteiger partial charge in [-0.3, -0.25) is 4.79 Å². The van der Waals surface area contributed by atoms with Crippen LogP contribution in [0, 0.1) is 5.41 Å². The van der Waals surface area contributed by atoms with E-state index in [0.717, 1.165) is 31.4 Å². The standard InChI is InChI=1S/C19H30N2O2/c1-4-19(5-2)16(12-17(19)23-6-3)20-14-18(22)21-13-15-10-8-7-9-11-15/h7-11,16-17,20H,4-6,12-14H2,1-3H3,(H,21,22)/t16-,17+/m0/s1. The number of benzene rings is 1. The fourth-order valence-electron chi connectivity index (χ4n) is 3.74. The van der Waals surface area contributed by atoms with E-state index < -0.39 is 0 Å². The van der Waals surface area contributed by atoms with Crippen molar-refractivity contribution in [1.82, 2.24) is 10.6 Å². The van der Waals surface area contributed by atoms with Gasteiger partial charge in [-0.1, -0.05) is 44.2 Å². The van der Waals surface area contributed by atoms with Crippen molar-refractivity contribution < 1.29 is 9.53 Å². The van der Waals surface area contributed by atoms with Crippen LogP contribution in [0.5, 0.6) is 0 Å². The Labute approximate surface area is 140 Å². The number of carbonyl (C=O) groups excluding carboxylic acids is 1. The van der Waals surface area contributed by atoms with Crippen molar-refractivity contribution in [3.63, 3.8) is 0 Å². The van der Waals surface area contributed by atoms with Crippen LogP contribution in [-0.2, 0) is 16.1 Å². The monoisotopic (exact) mass is 318 g/mol. The molecule has 2 atom stereocenters. The zero-order valence-electron chi connectivity index (χ0n) is 14.6. The predicted molar refractivity (Wildman–Crippen MR) is 93.1 cm³/mol. The van der Waals surface area contributed by atoms with E-state index in [9.17, 15) is 4.79 Å². The Bertz CT molecular complexity index is 485. The largest absolute Gasteiger partial charge is 0.378 e. The molecule has 2 N–H and O–H groups in total. The van der Waals surface area contributed by atoms with Gasteiger partial charge in [-0.2, -0.15) is 0 Å². The van der Waals surface area contributed by atoms with Crippen LogP contribution in [-0.4, -0.2) is 31.2 Å². The molecule has 128 valence electrons. The minimum Gasteiger partial charge on any atom is -0.378 e. The number of carbonyl (C=O) groups is 1. The minimum atomic E-state index is 0.0508. The van der Waals surface area contributed by atoms with E-state index >= 15 is 0 Å². The van der Waals surface area contributed by atoms with Gasteiger partial charge >= 0.3 is 0 Å². The van der Waals surface area contributed by atoms with E-state index in [0.29, 0.717) is 25.2 Å². The van der Waals surface area contributed by atoms with Crippen LogP contribution in [0.15, 0.2) is 30.3 Å². The van der Waals surface area contributed by atoms with E-state index in [1.165, 1.54) is 0 Å². The first-order valence-corrected chi connectivity index (χ1v) is 8.81. The summed E-state index contributed by atoms with van der Waals surface area (Å²) in [5.41, 5.74) is 1.30. The number of hydrogen-bond donors (Lipinski definition) is 2. The summed E-state index contributed by atoms with van der Waals surface area (Å²) in [4.78, 5) is 12.1. The first-order chi connectivity index (χ1) is 11.2. The Morgan fingerprint density at radius 2 is 1.91 bits per heavy atom. The van der Waals surface area contributed by atoms with Gasteiger partial charge in [0.2, 0.25) is 5.91 Å². The highest BCUT2D eigenvalue weighted by Crippen LogP contribution is 2.48. The molecule has 0 heterocycles. The Morgan fingerprint density at radius 3 is 2.52 bits per heavy atom. The van der Waals surface area contributed by atoms with Crippen molar-refractivity contribution >= 4 is 5.91 Å². The smallest absolute Gasteiger partial charge is 0.234 e. The second-order valence-corrected chi connectivity index (χ2v) is 6.32. The first kappa shape index (κ1) is 18.0. The summed E-state index contributed by atoms with van der Waals surface area (Å²) in [6, 6.07) is 10.4. The number of rotatable bonds is 9. The SMILES string of the molecule is CCO[C@@H]1C[C@H](NCC(=O)NCc2ccccc2)C1(CC)CC. The van der Waals surface area contributed by atoms with Gasteiger partial charge in [0.25, 0.3) is 0 Å². The third kappa shape index (κ3) is 4.12. The Hall–Kier alpha value is -1.39. The van der Waals surface area contributed by atoms with Gasteiger partial charge in [0.15, 0.2) is 0 Å². The van der Waals surface area contributed by atoms with Gasteiger partial charge in [-0.25, -0.2) is 0 Å². The summed E-state index contributed by atoms with van der Waals surface area (Å²) in [6.45, 7) is 8.21. The fraction of sp³-hybridized carbons (Fsp3) is 0.632. The lowest BCUT2D eigenvalue weighted by Gasteiger charge is -2.55. The predicted octanol–water partition coefficient (Wildman–Crippen LogP) is 2.88. The maximum atomic E-state index is 12.1. The zero-order chi connectivity index (χ0) is 16.7. The molecule has 1 amide bonds. The van der Waals surface area contributed by atoms with Crippen LogP contribution in [0.1, 0.15) is 45.6 Å². The average Bonchev–Trinajstić information content (AvgIpc) is 2.57. The molecule has 1 fully saturated rings. The molecule has 1 aromatic carbocycles. The van der Waals surface area contributed by atoms with Gasteiger partial charge in [-0.05, 0) is 31.7 Å². The van der Waals surface area contributed by atoms with Crippen molar-refractivity contribution in [2.24, 2.45) is 5.41 Å². The summed E-state index contributed by atoms with van der Waals surface area (Å²) in [5, 5.41) is 6.41. The molecular formula is C19H30N2O2. The molecule has 4 nitrogen and oxygen atoms in total. The number of nitrogens with one attached hydrogen (secondary N) is 2. The minimum absolute atomic E-state index is 0.0508. The maximum absolute atomic E-state index is 12.1. The molecule has 0 spiro atoms. The van der Waals surface area contributed by atoms with Crippen LogP contribution in [0.4, 0.5) is 0 Å². The highest BCUT2D eigenvalue weighted by Gasteiger charge is 2.52. The molecule has 0 unspecified atom stereocenters. The molecule has 0 bridgehead atoms. The lowest BCUT2D eigenvalue weighted by molar-refractivity contribution is -0.140. The van der Waals surface area contributed by atoms with Crippen molar-refractivity contribution in [2.45, 2.75) is 58.7 Å². The van der Waals surface area contributed by atoms with E-state index in [1.54, 1.807) is 0 Å². The normalized spacial score (nSPS) is 22.4. The number of amides is 1. The van der Waals surface area contributed by atoms with Crippen LogP contribution >= 0.6 is 0 Å². The summed E-state index contributed by atoms with van der Waals surface area (Å²) in [5.74, 6) is 0.0508. The van der Waals surface area contributed by atoms with Gasteiger partial charge in [-0.15, -0.1) is 0 Å². The zero-order valence-corrected chi connectivity index (χ0v) is 14.6. The molecular weight excluding hydrogens is 288 g/mol. The highest BCUT2D eigenvalue weighted by molar-refractivity contribution is 5.78. The van der Waals surface area contributed by atoms with Crippen molar-refractivity contribution in [1.29, 1.82) is 0 Å². The summed E-state index contributed by atoms with van der Waals surface area (Å²) in [6.07, 6.45) is 3.49. The summed E-state index contributed by atoms with van der Waals surface area (Å²) in [7, 11) is 0. The van der Waals surface area contributed by atoms with Crippen LogP contribution in [0.2, 0.25) is 0 Å². The van der Waals surface area contributed by atoms with Gasteiger partial charge < -0.3 is 15.4 Å². The third-order valence-corrected chi connectivity index (χ3v) is 5.31. The second kappa shape index (κ2) is 8.46.